The molecule has 2 N–H and O–H groups in total. The molecule has 1 atom stereocenters. The van der Waals surface area contributed by atoms with E-state index in [1.165, 1.54) is 0 Å². The Morgan fingerprint density at radius 3 is 2.78 bits per heavy atom. The summed E-state index contributed by atoms with van der Waals surface area (Å²) in [6.45, 7) is 11.2. The van der Waals surface area contributed by atoms with E-state index in [1.54, 1.807) is 13.0 Å². The monoisotopic (exact) mass is 318 g/mol. The highest BCUT2D eigenvalue weighted by molar-refractivity contribution is 6.43. The van der Waals surface area contributed by atoms with Crippen molar-refractivity contribution in [1.82, 2.24) is 5.32 Å². The van der Waals surface area contributed by atoms with Gasteiger partial charge in [-0.2, -0.15) is 0 Å². The van der Waals surface area contributed by atoms with Gasteiger partial charge in [-0.3, -0.25) is 9.79 Å². The average molecular weight is 318 g/mol. The van der Waals surface area contributed by atoms with E-state index in [-0.39, 0.29) is 17.9 Å². The van der Waals surface area contributed by atoms with E-state index >= 15 is 0 Å². The minimum absolute atomic E-state index is 0.203. The smallest absolute Gasteiger partial charge is 0.269 e. The molecule has 4 heteroatoms. The minimum atomic E-state index is -0.818. The summed E-state index contributed by atoms with van der Waals surface area (Å²) in [6.07, 6.45) is 8.69. The number of nitrogens with one attached hydrogen (secondary N) is 1. The Morgan fingerprint density at radius 2 is 2.13 bits per heavy atom. The van der Waals surface area contributed by atoms with Gasteiger partial charge in [0, 0.05) is 13.1 Å². The van der Waals surface area contributed by atoms with Crippen LogP contribution in [0.1, 0.15) is 52.9 Å². The van der Waals surface area contributed by atoms with Crippen LogP contribution in [0.4, 0.5) is 0 Å². The first-order valence-electron chi connectivity index (χ1n) is 8.60. The summed E-state index contributed by atoms with van der Waals surface area (Å²) in [5.41, 5.74) is 0.831. The van der Waals surface area contributed by atoms with E-state index < -0.39 is 5.60 Å². The standard InChI is InChI=1S/C19H30N2O2/c1-14-5-8-16(20-12-11-18(2,3)10-9-14)17(22)21-13-19(4,23)15-6-7-15/h5,8,15,23H,1,6-7,9-13H2,2-4H3,(H,21,22)/b8-5-,20-16+/t19-/m0/s1. The van der Waals surface area contributed by atoms with Gasteiger partial charge in [-0.15, -0.1) is 0 Å². The van der Waals surface area contributed by atoms with Crippen molar-refractivity contribution in [2.24, 2.45) is 16.3 Å². The van der Waals surface area contributed by atoms with Crippen LogP contribution < -0.4 is 5.32 Å². The van der Waals surface area contributed by atoms with E-state index in [9.17, 15) is 9.90 Å². The van der Waals surface area contributed by atoms with Crippen molar-refractivity contribution in [2.75, 3.05) is 13.1 Å². The highest BCUT2D eigenvalue weighted by Gasteiger charge is 2.40. The van der Waals surface area contributed by atoms with Crippen LogP contribution in [0.3, 0.4) is 0 Å². The lowest BCUT2D eigenvalue weighted by Crippen LogP contribution is -2.44. The van der Waals surface area contributed by atoms with Crippen molar-refractivity contribution in [1.29, 1.82) is 0 Å². The maximum Gasteiger partial charge on any atom is 0.269 e. The lowest BCUT2D eigenvalue weighted by Gasteiger charge is -2.25. The van der Waals surface area contributed by atoms with Crippen molar-refractivity contribution < 1.29 is 9.90 Å². The van der Waals surface area contributed by atoms with Crippen LogP contribution in [0.5, 0.6) is 0 Å². The number of hydrogen-bond acceptors (Lipinski definition) is 3. The van der Waals surface area contributed by atoms with E-state index in [0.29, 0.717) is 18.2 Å². The zero-order valence-electron chi connectivity index (χ0n) is 14.7. The van der Waals surface area contributed by atoms with E-state index in [1.807, 2.05) is 6.08 Å². The lowest BCUT2D eigenvalue weighted by molar-refractivity contribution is -0.116. The molecular weight excluding hydrogens is 288 g/mol. The van der Waals surface area contributed by atoms with Crippen LogP contribution in [0.15, 0.2) is 29.3 Å². The zero-order valence-corrected chi connectivity index (χ0v) is 14.7. The number of allylic oxidation sites excluding steroid dienone is 2. The zero-order chi connectivity index (χ0) is 17.1. The second-order valence-corrected chi connectivity index (χ2v) is 7.99. The van der Waals surface area contributed by atoms with Gasteiger partial charge < -0.3 is 10.4 Å². The van der Waals surface area contributed by atoms with Gasteiger partial charge in [0.1, 0.15) is 5.71 Å². The second kappa shape index (κ2) is 7.00. The van der Waals surface area contributed by atoms with Crippen molar-refractivity contribution in [3.05, 3.63) is 24.3 Å². The maximum absolute atomic E-state index is 12.4. The number of amides is 1. The van der Waals surface area contributed by atoms with Crippen LogP contribution in [-0.2, 0) is 4.79 Å². The summed E-state index contributed by atoms with van der Waals surface area (Å²) in [5.74, 6) is 0.0956. The largest absolute Gasteiger partial charge is 0.388 e. The summed E-state index contributed by atoms with van der Waals surface area (Å²) >= 11 is 0. The number of carbonyl (C=O) groups excluding carboxylic acids is 1. The highest BCUT2D eigenvalue weighted by Crippen LogP contribution is 2.39. The molecule has 23 heavy (non-hydrogen) atoms. The molecule has 1 aliphatic heterocycles. The number of rotatable bonds is 4. The van der Waals surface area contributed by atoms with Gasteiger partial charge in [0.15, 0.2) is 0 Å². The first-order chi connectivity index (χ1) is 10.7. The van der Waals surface area contributed by atoms with Crippen molar-refractivity contribution in [3.8, 4) is 0 Å². The molecule has 4 nitrogen and oxygen atoms in total. The molecule has 1 amide bonds. The molecule has 0 unspecified atom stereocenters. The summed E-state index contributed by atoms with van der Waals surface area (Å²) < 4.78 is 0. The van der Waals surface area contributed by atoms with Crippen LogP contribution in [0, 0.1) is 11.3 Å². The number of hydrogen-bond donors (Lipinski definition) is 2. The molecule has 2 rings (SSSR count). The molecule has 0 bridgehead atoms. The molecule has 1 aliphatic carbocycles. The molecule has 0 spiro atoms. The van der Waals surface area contributed by atoms with E-state index in [2.05, 4.69) is 30.7 Å². The average Bonchev–Trinajstić information content (AvgIpc) is 3.31. The summed E-state index contributed by atoms with van der Waals surface area (Å²) in [6, 6.07) is 0. The number of nitrogens with zero attached hydrogens (tertiary/aromatic N) is 1. The Morgan fingerprint density at radius 1 is 1.43 bits per heavy atom. The van der Waals surface area contributed by atoms with Crippen LogP contribution in [0.2, 0.25) is 0 Å². The molecule has 1 heterocycles. The molecule has 0 aromatic rings. The normalized spacial score (nSPS) is 28.2. The van der Waals surface area contributed by atoms with Crippen molar-refractivity contribution in [3.63, 3.8) is 0 Å². The minimum Gasteiger partial charge on any atom is -0.388 e. The molecule has 2 aliphatic rings. The topological polar surface area (TPSA) is 61.7 Å². The van der Waals surface area contributed by atoms with Crippen LogP contribution in [-0.4, -0.2) is 35.4 Å². The Bertz CT molecular complexity index is 525. The SMILES string of the molecule is C=C1/C=C\C(C(=O)NC[C@](C)(O)C2CC2)=N/CCC(C)(C)CC1. The Kier molecular flexibility index (Phi) is 5.45. The van der Waals surface area contributed by atoms with Crippen molar-refractivity contribution >= 4 is 11.6 Å². The fourth-order valence-corrected chi connectivity index (χ4v) is 2.78. The third-order valence-corrected chi connectivity index (χ3v) is 4.97. The molecule has 0 aromatic heterocycles. The quantitative estimate of drug-likeness (QED) is 0.837. The molecule has 0 aromatic carbocycles. The third kappa shape index (κ3) is 5.61. The van der Waals surface area contributed by atoms with Gasteiger partial charge in [-0.1, -0.05) is 32.1 Å². The van der Waals surface area contributed by atoms with E-state index in [0.717, 1.165) is 37.7 Å². The summed E-state index contributed by atoms with van der Waals surface area (Å²) in [7, 11) is 0. The van der Waals surface area contributed by atoms with Crippen molar-refractivity contribution in [2.45, 2.75) is 58.5 Å². The Hall–Kier alpha value is -1.42. The van der Waals surface area contributed by atoms with Crippen LogP contribution in [0.25, 0.3) is 0 Å². The van der Waals surface area contributed by atoms with Crippen LogP contribution >= 0.6 is 0 Å². The fraction of sp³-hybridized carbons (Fsp3) is 0.684. The second-order valence-electron chi connectivity index (χ2n) is 7.99. The van der Waals surface area contributed by atoms with Gasteiger partial charge in [0.2, 0.25) is 0 Å². The number of carbonyl (C=O) groups is 1. The first-order valence-corrected chi connectivity index (χ1v) is 8.60. The Balaban J connectivity index is 2.00. The van der Waals surface area contributed by atoms with Gasteiger partial charge in [0.05, 0.1) is 5.60 Å². The Labute approximate surface area is 139 Å². The predicted octanol–water partition coefficient (Wildman–Crippen LogP) is 3.03. The van der Waals surface area contributed by atoms with Gasteiger partial charge in [0.25, 0.3) is 5.91 Å². The van der Waals surface area contributed by atoms with Gasteiger partial charge in [-0.25, -0.2) is 0 Å². The summed E-state index contributed by atoms with van der Waals surface area (Å²) in [5, 5.41) is 13.1. The first kappa shape index (κ1) is 17.9. The molecular formula is C19H30N2O2. The maximum atomic E-state index is 12.4. The molecule has 0 saturated heterocycles. The summed E-state index contributed by atoms with van der Waals surface area (Å²) in [4.78, 5) is 16.9. The highest BCUT2D eigenvalue weighted by atomic mass is 16.3. The number of aliphatic hydroxyl groups is 1. The molecule has 1 saturated carbocycles. The fourth-order valence-electron chi connectivity index (χ4n) is 2.78. The van der Waals surface area contributed by atoms with E-state index in [4.69, 9.17) is 0 Å². The van der Waals surface area contributed by atoms with Gasteiger partial charge in [-0.05, 0) is 56.4 Å². The third-order valence-electron chi connectivity index (χ3n) is 4.97. The molecule has 0 radical (unpaired) electrons. The predicted molar refractivity (Wildman–Crippen MR) is 94.6 cm³/mol. The lowest BCUT2D eigenvalue weighted by atomic mass is 9.83. The molecule has 128 valence electrons. The molecule has 1 fully saturated rings. The number of aliphatic imine (C=N–C) groups is 1. The van der Waals surface area contributed by atoms with Gasteiger partial charge >= 0.3 is 0 Å².